The van der Waals surface area contributed by atoms with E-state index in [0.29, 0.717) is 5.02 Å². The number of amides is 1. The molecule has 6 nitrogen and oxygen atoms in total. The molecule has 2 rings (SSSR count). The molecule has 22 heavy (non-hydrogen) atoms. The number of carbonyl (C=O) groups is 1. The van der Waals surface area contributed by atoms with Gasteiger partial charge in [-0.3, -0.25) is 14.9 Å². The number of halogens is 3. The highest BCUT2D eigenvalue weighted by atomic mass is 35.5. The predicted molar refractivity (Wildman–Crippen MR) is 82.0 cm³/mol. The predicted octanol–water partition coefficient (Wildman–Crippen LogP) is 3.88. The summed E-state index contributed by atoms with van der Waals surface area (Å²) in [6.45, 7) is 0. The van der Waals surface area contributed by atoms with Crippen LogP contribution in [-0.4, -0.2) is 10.8 Å². The molecule has 0 aliphatic carbocycles. The zero-order valence-electron chi connectivity index (χ0n) is 10.6. The highest BCUT2D eigenvalue weighted by Crippen LogP contribution is 2.32. The van der Waals surface area contributed by atoms with Crippen LogP contribution in [0.15, 0.2) is 30.3 Å². The first-order valence-corrected chi connectivity index (χ1v) is 6.84. The van der Waals surface area contributed by atoms with Crippen LogP contribution in [0.4, 0.5) is 11.4 Å². The average molecular weight is 361 g/mol. The molecule has 0 aliphatic rings. The molecule has 0 bridgehead atoms. The number of anilines is 1. The first kappa shape index (κ1) is 16.4. The summed E-state index contributed by atoms with van der Waals surface area (Å²) in [6, 6.07) is 6.25. The van der Waals surface area contributed by atoms with Crippen molar-refractivity contribution in [3.63, 3.8) is 0 Å². The van der Waals surface area contributed by atoms with Gasteiger partial charge in [0.05, 0.1) is 15.0 Å². The Morgan fingerprint density at radius 3 is 2.36 bits per heavy atom. The highest BCUT2D eigenvalue weighted by Gasteiger charge is 2.17. The van der Waals surface area contributed by atoms with Gasteiger partial charge in [-0.25, -0.2) is 0 Å². The van der Waals surface area contributed by atoms with Gasteiger partial charge in [0.25, 0.3) is 11.6 Å². The normalized spacial score (nSPS) is 10.3. The van der Waals surface area contributed by atoms with E-state index in [4.69, 9.17) is 34.8 Å². The molecule has 0 heterocycles. The van der Waals surface area contributed by atoms with Crippen molar-refractivity contribution in [1.82, 2.24) is 0 Å². The number of nitrogens with zero attached hydrogens (tertiary/aromatic N) is 1. The molecule has 0 spiro atoms. The lowest BCUT2D eigenvalue weighted by atomic mass is 10.1. The standard InChI is InChI=1S/C13H7Cl3N2O4/c14-6-3-8(12(19)11(4-6)18(21)22)13(20)17-7-1-2-9(15)10(16)5-7/h1-5,19H,(H,17,20)/p-1. The average Bonchev–Trinajstić information content (AvgIpc) is 2.44. The van der Waals surface area contributed by atoms with E-state index in [0.717, 1.165) is 12.1 Å². The Hall–Kier alpha value is -2.02. The first-order chi connectivity index (χ1) is 10.3. The third kappa shape index (κ3) is 3.41. The van der Waals surface area contributed by atoms with Gasteiger partial charge in [-0.2, -0.15) is 0 Å². The fourth-order valence-corrected chi connectivity index (χ4v) is 2.17. The molecular formula is C13H6Cl3N2O4-. The molecule has 0 fully saturated rings. The van der Waals surface area contributed by atoms with Crippen molar-refractivity contribution in [3.8, 4) is 5.75 Å². The van der Waals surface area contributed by atoms with E-state index in [1.54, 1.807) is 0 Å². The van der Waals surface area contributed by atoms with Crippen LogP contribution in [-0.2, 0) is 0 Å². The van der Waals surface area contributed by atoms with Crippen molar-refractivity contribution in [1.29, 1.82) is 0 Å². The molecule has 0 saturated heterocycles. The molecule has 1 N–H and O–H groups in total. The van der Waals surface area contributed by atoms with Crippen molar-refractivity contribution in [2.75, 3.05) is 5.32 Å². The quantitative estimate of drug-likeness (QED) is 0.663. The van der Waals surface area contributed by atoms with E-state index in [-0.39, 0.29) is 15.7 Å². The van der Waals surface area contributed by atoms with E-state index >= 15 is 0 Å². The lowest BCUT2D eigenvalue weighted by molar-refractivity contribution is -0.398. The van der Waals surface area contributed by atoms with Gasteiger partial charge < -0.3 is 10.4 Å². The zero-order chi connectivity index (χ0) is 16.4. The van der Waals surface area contributed by atoms with Crippen molar-refractivity contribution in [2.24, 2.45) is 0 Å². The minimum Gasteiger partial charge on any atom is -0.867 e. The van der Waals surface area contributed by atoms with Gasteiger partial charge in [-0.15, -0.1) is 0 Å². The molecule has 2 aromatic carbocycles. The second-order valence-electron chi connectivity index (χ2n) is 4.14. The lowest BCUT2D eigenvalue weighted by Gasteiger charge is -2.14. The maximum Gasteiger partial charge on any atom is 0.264 e. The third-order valence-corrected chi connectivity index (χ3v) is 3.61. The molecule has 114 valence electrons. The van der Waals surface area contributed by atoms with Gasteiger partial charge in [-0.05, 0) is 30.0 Å². The Labute approximate surface area is 139 Å². The summed E-state index contributed by atoms with van der Waals surface area (Å²) in [7, 11) is 0. The number of nitrogens with one attached hydrogen (secondary N) is 1. The second-order valence-corrected chi connectivity index (χ2v) is 5.39. The van der Waals surface area contributed by atoms with Gasteiger partial charge in [0, 0.05) is 22.3 Å². The molecule has 2 aromatic rings. The van der Waals surface area contributed by atoms with Crippen LogP contribution in [0.1, 0.15) is 10.4 Å². The fraction of sp³-hybridized carbons (Fsp3) is 0. The second kappa shape index (κ2) is 6.39. The number of nitro benzene ring substituents is 1. The molecule has 0 saturated carbocycles. The monoisotopic (exact) mass is 359 g/mol. The first-order valence-electron chi connectivity index (χ1n) is 5.71. The van der Waals surface area contributed by atoms with Gasteiger partial charge in [0.2, 0.25) is 0 Å². The smallest absolute Gasteiger partial charge is 0.264 e. The highest BCUT2D eigenvalue weighted by molar-refractivity contribution is 6.42. The fourth-order valence-electron chi connectivity index (χ4n) is 1.66. The third-order valence-electron chi connectivity index (χ3n) is 2.65. The number of hydrogen-bond acceptors (Lipinski definition) is 4. The minimum absolute atomic E-state index is 0.0920. The van der Waals surface area contributed by atoms with Crippen LogP contribution in [0.2, 0.25) is 15.1 Å². The number of rotatable bonds is 3. The summed E-state index contributed by atoms with van der Waals surface area (Å²) in [5.41, 5.74) is -0.932. The van der Waals surface area contributed by atoms with Gasteiger partial charge in [-0.1, -0.05) is 34.8 Å². The Balaban J connectivity index is 2.37. The Morgan fingerprint density at radius 2 is 1.77 bits per heavy atom. The van der Waals surface area contributed by atoms with Gasteiger partial charge in [0.1, 0.15) is 0 Å². The zero-order valence-corrected chi connectivity index (χ0v) is 12.9. The van der Waals surface area contributed by atoms with Crippen molar-refractivity contribution in [3.05, 3.63) is 61.1 Å². The van der Waals surface area contributed by atoms with Gasteiger partial charge in [0.15, 0.2) is 0 Å². The summed E-state index contributed by atoms with van der Waals surface area (Å²) in [4.78, 5) is 22.0. The van der Waals surface area contributed by atoms with Crippen LogP contribution in [0.5, 0.6) is 5.75 Å². The molecule has 9 heteroatoms. The molecule has 0 radical (unpaired) electrons. The van der Waals surface area contributed by atoms with Crippen LogP contribution >= 0.6 is 34.8 Å². The van der Waals surface area contributed by atoms with E-state index in [2.05, 4.69) is 5.32 Å². The van der Waals surface area contributed by atoms with Crippen LogP contribution in [0.25, 0.3) is 0 Å². The minimum atomic E-state index is -1.02. The molecule has 0 atom stereocenters. The van der Waals surface area contributed by atoms with E-state index in [1.807, 2.05) is 0 Å². The summed E-state index contributed by atoms with van der Waals surface area (Å²) in [5, 5.41) is 25.5. The molecule has 0 aliphatic heterocycles. The van der Waals surface area contributed by atoms with Gasteiger partial charge >= 0.3 is 0 Å². The number of benzene rings is 2. The molecule has 1 amide bonds. The maximum absolute atomic E-state index is 12.1. The SMILES string of the molecule is O=C(Nc1ccc(Cl)c(Cl)c1)c1cc(Cl)cc([N+](=O)[O-])c1[O-]. The van der Waals surface area contributed by atoms with Crippen LogP contribution in [0, 0.1) is 10.1 Å². The lowest BCUT2D eigenvalue weighted by Crippen LogP contribution is -2.15. The summed E-state index contributed by atoms with van der Waals surface area (Å²) < 4.78 is 0. The number of hydrogen-bond donors (Lipinski definition) is 1. The Kier molecular flexibility index (Phi) is 4.75. The number of nitro groups is 1. The van der Waals surface area contributed by atoms with E-state index in [9.17, 15) is 20.0 Å². The van der Waals surface area contributed by atoms with Crippen molar-refractivity contribution in [2.45, 2.75) is 0 Å². The molecule has 0 aromatic heterocycles. The van der Waals surface area contributed by atoms with E-state index < -0.39 is 27.8 Å². The molecular weight excluding hydrogens is 355 g/mol. The topological polar surface area (TPSA) is 95.3 Å². The summed E-state index contributed by atoms with van der Waals surface area (Å²) in [5.74, 6) is -1.86. The summed E-state index contributed by atoms with van der Waals surface area (Å²) in [6.07, 6.45) is 0. The largest absolute Gasteiger partial charge is 0.867 e. The van der Waals surface area contributed by atoms with Crippen LogP contribution < -0.4 is 10.4 Å². The molecule has 0 unspecified atom stereocenters. The summed E-state index contributed by atoms with van der Waals surface area (Å²) >= 11 is 17.3. The number of carbonyl (C=O) groups excluding carboxylic acids is 1. The Morgan fingerprint density at radius 1 is 1.09 bits per heavy atom. The van der Waals surface area contributed by atoms with E-state index in [1.165, 1.54) is 18.2 Å². The van der Waals surface area contributed by atoms with Crippen molar-refractivity contribution < 1.29 is 14.8 Å². The Bertz CT molecular complexity index is 780. The van der Waals surface area contributed by atoms with Crippen LogP contribution in [0.3, 0.4) is 0 Å². The van der Waals surface area contributed by atoms with Crippen molar-refractivity contribution >= 4 is 52.1 Å². The maximum atomic E-state index is 12.1.